The molecule has 0 heterocycles. The molecule has 0 aliphatic carbocycles. The Kier molecular flexibility index (Phi) is 4.13. The molecule has 0 aliphatic rings. The van der Waals surface area contributed by atoms with Gasteiger partial charge in [-0.15, -0.1) is 0 Å². The SMILES string of the molecule is C[N+](C)(C)CC(=O)P(O)N=[N+]=[N-]. The first kappa shape index (κ1) is 11.3. The summed E-state index contributed by atoms with van der Waals surface area (Å²) < 4.78 is 0.416. The number of carbonyl (C=O) groups is 1. The fraction of sp³-hybridized carbons (Fsp3) is 0.800. The normalized spacial score (nSPS) is 13.3. The van der Waals surface area contributed by atoms with Gasteiger partial charge >= 0.3 is 0 Å². The first-order valence-corrected chi connectivity index (χ1v) is 4.49. The molecule has 0 aliphatic heterocycles. The van der Waals surface area contributed by atoms with Gasteiger partial charge in [0.1, 0.15) is 6.54 Å². The highest BCUT2D eigenvalue weighted by molar-refractivity contribution is 7.68. The second-order valence-corrected chi connectivity index (χ2v) is 4.57. The maximum atomic E-state index is 11.0. The van der Waals surface area contributed by atoms with Gasteiger partial charge in [-0.25, -0.2) is 0 Å². The number of carbonyl (C=O) groups excluding carboxylic acids is 1. The second kappa shape index (κ2) is 4.38. The maximum absolute atomic E-state index is 11.0. The van der Waals surface area contributed by atoms with Crippen LogP contribution in [-0.2, 0) is 4.79 Å². The van der Waals surface area contributed by atoms with Crippen LogP contribution >= 0.6 is 8.30 Å². The lowest BCUT2D eigenvalue weighted by Crippen LogP contribution is -2.38. The lowest BCUT2D eigenvalue weighted by molar-refractivity contribution is -0.861. The molecule has 0 aromatic rings. The van der Waals surface area contributed by atoms with E-state index in [1.165, 1.54) is 0 Å². The summed E-state index contributed by atoms with van der Waals surface area (Å²) in [5, 5.41) is 0. The van der Waals surface area contributed by atoms with E-state index in [1.54, 1.807) is 0 Å². The van der Waals surface area contributed by atoms with Crippen LogP contribution < -0.4 is 0 Å². The Morgan fingerprint density at radius 1 is 1.67 bits per heavy atom. The monoisotopic (exact) mass is 191 g/mol. The van der Waals surface area contributed by atoms with Gasteiger partial charge in [-0.3, -0.25) is 4.79 Å². The van der Waals surface area contributed by atoms with Gasteiger partial charge < -0.3 is 9.38 Å². The van der Waals surface area contributed by atoms with E-state index in [1.807, 2.05) is 21.1 Å². The summed E-state index contributed by atoms with van der Waals surface area (Å²) in [6.07, 6.45) is 0. The molecule has 0 fully saturated rings. The predicted octanol–water partition coefficient (Wildman–Crippen LogP) is 0.834. The zero-order valence-corrected chi connectivity index (χ0v) is 8.19. The Balaban J connectivity index is 4.14. The molecule has 1 unspecified atom stereocenters. The molecule has 0 radical (unpaired) electrons. The third-order valence-corrected chi connectivity index (χ3v) is 1.79. The van der Waals surface area contributed by atoms with Gasteiger partial charge in [-0.1, -0.05) is 0 Å². The maximum Gasteiger partial charge on any atom is 0.241 e. The van der Waals surface area contributed by atoms with E-state index in [0.717, 1.165) is 0 Å². The largest absolute Gasteiger partial charge is 0.361 e. The van der Waals surface area contributed by atoms with Crippen LogP contribution in [0.3, 0.4) is 0 Å². The van der Waals surface area contributed by atoms with E-state index in [2.05, 4.69) is 9.80 Å². The van der Waals surface area contributed by atoms with Crippen molar-refractivity contribution >= 4 is 13.8 Å². The minimum atomic E-state index is -2.15. The third kappa shape index (κ3) is 5.04. The lowest BCUT2D eigenvalue weighted by Gasteiger charge is -2.22. The summed E-state index contributed by atoms with van der Waals surface area (Å²) >= 11 is 0. The number of hydrogen-bond acceptors (Lipinski definition) is 3. The van der Waals surface area contributed by atoms with E-state index < -0.39 is 13.8 Å². The minimum absolute atomic E-state index is 0.168. The van der Waals surface area contributed by atoms with Crippen LogP contribution in [0.4, 0.5) is 0 Å². The van der Waals surface area contributed by atoms with Crippen LogP contribution in [0, 0.1) is 0 Å². The quantitative estimate of drug-likeness (QED) is 0.234. The molecule has 0 saturated heterocycles. The van der Waals surface area contributed by atoms with Crippen LogP contribution in [0.1, 0.15) is 0 Å². The average Bonchev–Trinajstić information content (AvgIpc) is 1.84. The highest BCUT2D eigenvalue weighted by Gasteiger charge is 2.21. The predicted molar refractivity (Wildman–Crippen MR) is 46.2 cm³/mol. The number of hydrogen-bond donors (Lipinski definition) is 1. The molecule has 0 bridgehead atoms. The molecule has 0 saturated carbocycles. The smallest absolute Gasteiger partial charge is 0.241 e. The Hall–Kier alpha value is -0.670. The summed E-state index contributed by atoms with van der Waals surface area (Å²) in [5.41, 5.74) is 7.53. The number of nitrogens with zero attached hydrogens (tertiary/aromatic N) is 4. The van der Waals surface area contributed by atoms with Crippen molar-refractivity contribution in [2.45, 2.75) is 0 Å². The zero-order valence-electron chi connectivity index (χ0n) is 7.30. The van der Waals surface area contributed by atoms with Crippen molar-refractivity contribution in [1.82, 2.24) is 0 Å². The molecule has 1 atom stereocenters. The molecule has 0 amide bonds. The summed E-state index contributed by atoms with van der Waals surface area (Å²) in [6, 6.07) is 0. The van der Waals surface area contributed by atoms with Gasteiger partial charge in [0.25, 0.3) is 0 Å². The van der Waals surface area contributed by atoms with Crippen molar-refractivity contribution in [2.75, 3.05) is 27.7 Å². The zero-order chi connectivity index (χ0) is 9.78. The van der Waals surface area contributed by atoms with Gasteiger partial charge in [0.2, 0.25) is 5.52 Å². The van der Waals surface area contributed by atoms with Crippen LogP contribution in [0.15, 0.2) is 4.88 Å². The number of likely N-dealkylation sites (N-methyl/N-ethyl adjacent to an activating group) is 1. The Labute approximate surface area is 71.9 Å². The fourth-order valence-electron chi connectivity index (χ4n) is 0.557. The first-order valence-electron chi connectivity index (χ1n) is 3.24. The van der Waals surface area contributed by atoms with Crippen LogP contribution in [0.5, 0.6) is 0 Å². The average molecular weight is 191 g/mol. The second-order valence-electron chi connectivity index (χ2n) is 3.31. The van der Waals surface area contributed by atoms with Crippen molar-refractivity contribution in [1.29, 1.82) is 0 Å². The van der Waals surface area contributed by atoms with Gasteiger partial charge in [0, 0.05) is 4.91 Å². The molecule has 0 aromatic heterocycles. The Morgan fingerprint density at radius 2 is 2.17 bits per heavy atom. The van der Waals surface area contributed by atoms with Crippen molar-refractivity contribution in [3.63, 3.8) is 0 Å². The molecular formula is C5H12N4O2P+. The third-order valence-electron chi connectivity index (χ3n) is 0.957. The van der Waals surface area contributed by atoms with Crippen LogP contribution in [0.25, 0.3) is 10.4 Å². The standard InChI is InChI=1S/C5H12N4O2P/c1-9(2,3)4-5(10)12(11)8-7-6/h11H,4H2,1-3H3/q+1. The van der Waals surface area contributed by atoms with Crippen LogP contribution in [-0.4, -0.2) is 42.6 Å². The topological polar surface area (TPSA) is 86.1 Å². The van der Waals surface area contributed by atoms with Crippen LogP contribution in [0.2, 0.25) is 0 Å². The van der Waals surface area contributed by atoms with Crippen molar-refractivity contribution < 1.29 is 14.2 Å². The molecule has 12 heavy (non-hydrogen) atoms. The number of rotatable bonds is 4. The highest BCUT2D eigenvalue weighted by atomic mass is 31.2. The Morgan fingerprint density at radius 3 is 2.50 bits per heavy atom. The van der Waals surface area contributed by atoms with E-state index in [0.29, 0.717) is 4.48 Å². The first-order chi connectivity index (χ1) is 5.37. The van der Waals surface area contributed by atoms with Gasteiger partial charge in [0.15, 0.2) is 8.30 Å². The highest BCUT2D eigenvalue weighted by Crippen LogP contribution is 2.33. The Bertz CT molecular complexity index is 218. The molecule has 7 heteroatoms. The van der Waals surface area contributed by atoms with E-state index in [9.17, 15) is 4.79 Å². The lowest BCUT2D eigenvalue weighted by atomic mass is 10.5. The van der Waals surface area contributed by atoms with Gasteiger partial charge in [-0.05, 0) is 10.4 Å². The molecule has 0 spiro atoms. The number of quaternary nitrogens is 1. The van der Waals surface area contributed by atoms with E-state index >= 15 is 0 Å². The van der Waals surface area contributed by atoms with E-state index in [4.69, 9.17) is 10.4 Å². The molecule has 0 rings (SSSR count). The summed E-state index contributed by atoms with van der Waals surface area (Å²) in [7, 11) is 3.30. The van der Waals surface area contributed by atoms with Gasteiger partial charge in [-0.2, -0.15) is 0 Å². The van der Waals surface area contributed by atoms with Crippen molar-refractivity contribution in [3.05, 3.63) is 10.4 Å². The molecule has 1 N–H and O–H groups in total. The van der Waals surface area contributed by atoms with Gasteiger partial charge in [0.05, 0.1) is 21.1 Å². The van der Waals surface area contributed by atoms with Crippen molar-refractivity contribution in [2.24, 2.45) is 4.88 Å². The molecule has 68 valence electrons. The minimum Gasteiger partial charge on any atom is -0.361 e. The summed E-state index contributed by atoms with van der Waals surface area (Å²) in [5.74, 6) is 0. The van der Waals surface area contributed by atoms with Crippen molar-refractivity contribution in [3.8, 4) is 0 Å². The number of azide groups is 1. The summed E-state index contributed by atoms with van der Waals surface area (Å²) in [6.45, 7) is 0.168. The molecule has 6 nitrogen and oxygen atoms in total. The van der Waals surface area contributed by atoms with E-state index in [-0.39, 0.29) is 6.54 Å². The fourth-order valence-corrected chi connectivity index (χ4v) is 1.28. The molecular weight excluding hydrogens is 179 g/mol. The summed E-state index contributed by atoms with van der Waals surface area (Å²) in [4.78, 5) is 25.3. The molecule has 0 aromatic carbocycles.